The summed E-state index contributed by atoms with van der Waals surface area (Å²) in [6, 6.07) is 0. The maximum Gasteiger partial charge on any atom is 0.249 e. The Labute approximate surface area is 154 Å². The smallest absolute Gasteiger partial charge is 0.249 e. The molecule has 140 valence electrons. The Bertz CT molecular complexity index is 510. The normalized spacial score (nSPS) is 39.5. The molecule has 0 spiro atoms. The van der Waals surface area contributed by atoms with Crippen molar-refractivity contribution in [1.29, 1.82) is 0 Å². The van der Waals surface area contributed by atoms with Gasteiger partial charge < -0.3 is 4.90 Å². The van der Waals surface area contributed by atoms with E-state index < -0.39 is 0 Å². The molecule has 0 aromatic rings. The highest BCUT2D eigenvalue weighted by molar-refractivity contribution is 5.94. The Morgan fingerprint density at radius 3 is 2.16 bits per heavy atom. The number of piperidine rings is 1. The van der Waals surface area contributed by atoms with E-state index in [0.29, 0.717) is 11.8 Å². The minimum Gasteiger partial charge on any atom is -0.339 e. The molecule has 1 aliphatic heterocycles. The van der Waals surface area contributed by atoms with Crippen LogP contribution in [0.15, 0.2) is 11.6 Å². The SMILES string of the molecule is CC=C(C(=O)N1CCC2CCCCC2C1)C1CCC2CCCCC2C1. The van der Waals surface area contributed by atoms with Gasteiger partial charge in [-0.25, -0.2) is 0 Å². The van der Waals surface area contributed by atoms with Crippen molar-refractivity contribution in [3.8, 4) is 0 Å². The number of hydrogen-bond acceptors (Lipinski definition) is 1. The minimum atomic E-state index is 0.394. The second-order valence-electron chi connectivity index (χ2n) is 9.40. The van der Waals surface area contributed by atoms with Crippen LogP contribution >= 0.6 is 0 Å². The fourth-order valence-electron chi connectivity index (χ4n) is 6.66. The second kappa shape index (κ2) is 7.84. The first-order valence-electron chi connectivity index (χ1n) is 11.2. The van der Waals surface area contributed by atoms with E-state index in [2.05, 4.69) is 17.9 Å². The summed E-state index contributed by atoms with van der Waals surface area (Å²) in [6.45, 7) is 4.16. The predicted molar refractivity (Wildman–Crippen MR) is 103 cm³/mol. The highest BCUT2D eigenvalue weighted by Gasteiger charge is 2.38. The quantitative estimate of drug-likeness (QED) is 0.600. The Hall–Kier alpha value is -0.790. The van der Waals surface area contributed by atoms with Crippen molar-refractivity contribution in [3.63, 3.8) is 0 Å². The fourth-order valence-corrected chi connectivity index (χ4v) is 6.66. The van der Waals surface area contributed by atoms with E-state index >= 15 is 0 Å². The van der Waals surface area contributed by atoms with Gasteiger partial charge in [-0.2, -0.15) is 0 Å². The zero-order valence-electron chi connectivity index (χ0n) is 16.2. The molecule has 4 rings (SSSR count). The Kier molecular flexibility index (Phi) is 5.53. The summed E-state index contributed by atoms with van der Waals surface area (Å²) < 4.78 is 0. The molecular formula is C23H37NO. The number of allylic oxidation sites excluding steroid dienone is 1. The summed E-state index contributed by atoms with van der Waals surface area (Å²) in [7, 11) is 0. The van der Waals surface area contributed by atoms with E-state index in [4.69, 9.17) is 0 Å². The van der Waals surface area contributed by atoms with Gasteiger partial charge in [0.05, 0.1) is 0 Å². The molecule has 1 saturated heterocycles. The Morgan fingerprint density at radius 2 is 1.44 bits per heavy atom. The summed E-state index contributed by atoms with van der Waals surface area (Å²) >= 11 is 0. The van der Waals surface area contributed by atoms with Crippen LogP contribution < -0.4 is 0 Å². The minimum absolute atomic E-state index is 0.394. The average molecular weight is 344 g/mol. The molecule has 1 amide bonds. The first-order valence-corrected chi connectivity index (χ1v) is 11.2. The molecule has 0 aromatic heterocycles. The molecule has 25 heavy (non-hydrogen) atoms. The van der Waals surface area contributed by atoms with Crippen molar-refractivity contribution in [2.24, 2.45) is 29.6 Å². The molecular weight excluding hydrogens is 306 g/mol. The molecule has 2 nitrogen and oxygen atoms in total. The van der Waals surface area contributed by atoms with Crippen LogP contribution in [-0.2, 0) is 4.79 Å². The lowest BCUT2D eigenvalue weighted by Gasteiger charge is -2.43. The molecule has 4 fully saturated rings. The lowest BCUT2D eigenvalue weighted by atomic mass is 9.66. The molecule has 0 radical (unpaired) electrons. The van der Waals surface area contributed by atoms with Crippen molar-refractivity contribution in [3.05, 3.63) is 11.6 Å². The summed E-state index contributed by atoms with van der Waals surface area (Å²) in [6.07, 6.45) is 18.6. The van der Waals surface area contributed by atoms with Crippen LogP contribution in [0.4, 0.5) is 0 Å². The zero-order valence-corrected chi connectivity index (χ0v) is 16.2. The number of hydrogen-bond donors (Lipinski definition) is 0. The number of likely N-dealkylation sites (tertiary alicyclic amines) is 1. The third-order valence-electron chi connectivity index (χ3n) is 8.12. The third kappa shape index (κ3) is 3.69. The van der Waals surface area contributed by atoms with Crippen LogP contribution in [0, 0.1) is 29.6 Å². The summed E-state index contributed by atoms with van der Waals surface area (Å²) in [5.74, 6) is 4.51. The van der Waals surface area contributed by atoms with E-state index in [1.54, 1.807) is 0 Å². The van der Waals surface area contributed by atoms with Gasteiger partial charge in [0.25, 0.3) is 0 Å². The van der Waals surface area contributed by atoms with Crippen LogP contribution in [0.5, 0.6) is 0 Å². The number of carbonyl (C=O) groups is 1. The Morgan fingerprint density at radius 1 is 0.800 bits per heavy atom. The lowest BCUT2D eigenvalue weighted by Crippen LogP contribution is -2.46. The van der Waals surface area contributed by atoms with Gasteiger partial charge in [-0.05, 0) is 68.6 Å². The molecule has 3 saturated carbocycles. The molecule has 0 aromatic carbocycles. The largest absolute Gasteiger partial charge is 0.339 e. The maximum absolute atomic E-state index is 13.3. The molecule has 1 heterocycles. The van der Waals surface area contributed by atoms with Crippen molar-refractivity contribution < 1.29 is 4.79 Å². The standard InChI is InChI=1S/C23H37NO/c1-2-22(20-12-11-17-7-3-5-9-19(17)15-20)23(25)24-14-13-18-8-4-6-10-21(18)16-24/h2,17-21H,3-16H2,1H3. The molecule has 4 aliphatic rings. The average Bonchev–Trinajstić information content (AvgIpc) is 2.68. The van der Waals surface area contributed by atoms with E-state index in [9.17, 15) is 4.79 Å². The van der Waals surface area contributed by atoms with Crippen molar-refractivity contribution >= 4 is 5.91 Å². The molecule has 5 atom stereocenters. The zero-order chi connectivity index (χ0) is 17.2. The maximum atomic E-state index is 13.3. The number of amides is 1. The highest BCUT2D eigenvalue weighted by atomic mass is 16.2. The lowest BCUT2D eigenvalue weighted by molar-refractivity contribution is -0.131. The van der Waals surface area contributed by atoms with Gasteiger partial charge in [0.1, 0.15) is 0 Å². The van der Waals surface area contributed by atoms with Crippen LogP contribution in [0.25, 0.3) is 0 Å². The van der Waals surface area contributed by atoms with E-state index in [1.807, 2.05) is 0 Å². The van der Waals surface area contributed by atoms with Crippen molar-refractivity contribution in [2.45, 2.75) is 84.0 Å². The first-order chi connectivity index (χ1) is 12.3. The number of nitrogens with zero attached hydrogens (tertiary/aromatic N) is 1. The molecule has 3 aliphatic carbocycles. The monoisotopic (exact) mass is 343 g/mol. The van der Waals surface area contributed by atoms with Gasteiger partial charge in [0, 0.05) is 18.7 Å². The fraction of sp³-hybridized carbons (Fsp3) is 0.870. The van der Waals surface area contributed by atoms with E-state index in [1.165, 1.54) is 82.6 Å². The topological polar surface area (TPSA) is 20.3 Å². The highest BCUT2D eigenvalue weighted by Crippen LogP contribution is 2.45. The Balaban J connectivity index is 1.39. The molecule has 0 bridgehead atoms. The third-order valence-corrected chi connectivity index (χ3v) is 8.12. The van der Waals surface area contributed by atoms with Crippen LogP contribution in [-0.4, -0.2) is 23.9 Å². The van der Waals surface area contributed by atoms with Crippen molar-refractivity contribution in [1.82, 2.24) is 4.90 Å². The second-order valence-corrected chi connectivity index (χ2v) is 9.40. The van der Waals surface area contributed by atoms with E-state index in [-0.39, 0.29) is 0 Å². The van der Waals surface area contributed by atoms with Gasteiger partial charge in [0.2, 0.25) is 5.91 Å². The van der Waals surface area contributed by atoms with Crippen LogP contribution in [0.3, 0.4) is 0 Å². The van der Waals surface area contributed by atoms with Gasteiger partial charge in [0.15, 0.2) is 0 Å². The van der Waals surface area contributed by atoms with E-state index in [0.717, 1.165) is 36.8 Å². The number of carbonyl (C=O) groups excluding carboxylic acids is 1. The van der Waals surface area contributed by atoms with Gasteiger partial charge in [-0.3, -0.25) is 4.79 Å². The summed E-state index contributed by atoms with van der Waals surface area (Å²) in [5.41, 5.74) is 1.17. The van der Waals surface area contributed by atoms with Gasteiger partial charge in [-0.15, -0.1) is 0 Å². The van der Waals surface area contributed by atoms with Gasteiger partial charge >= 0.3 is 0 Å². The molecule has 0 N–H and O–H groups in total. The predicted octanol–water partition coefficient (Wildman–Crippen LogP) is 5.58. The summed E-state index contributed by atoms with van der Waals surface area (Å²) in [5, 5.41) is 0. The molecule has 5 unspecified atom stereocenters. The molecule has 2 heteroatoms. The van der Waals surface area contributed by atoms with Crippen molar-refractivity contribution in [2.75, 3.05) is 13.1 Å². The van der Waals surface area contributed by atoms with Crippen LogP contribution in [0.1, 0.15) is 84.0 Å². The number of fused-ring (bicyclic) bond motifs is 2. The van der Waals surface area contributed by atoms with Gasteiger partial charge in [-0.1, -0.05) is 51.0 Å². The summed E-state index contributed by atoms with van der Waals surface area (Å²) in [4.78, 5) is 15.6. The first kappa shape index (κ1) is 17.6. The van der Waals surface area contributed by atoms with Crippen LogP contribution in [0.2, 0.25) is 0 Å². The number of rotatable bonds is 2.